The summed E-state index contributed by atoms with van der Waals surface area (Å²) >= 11 is 3.26. The highest BCUT2D eigenvalue weighted by atomic mass is 79.9. The molecule has 0 spiro atoms. The molecule has 0 aromatic heterocycles. The maximum absolute atomic E-state index is 11.7. The number of halogens is 2. The van der Waals surface area contributed by atoms with Gasteiger partial charge >= 0.3 is 0 Å². The number of hydrogen-bond donors (Lipinski definition) is 3. The van der Waals surface area contributed by atoms with Crippen LogP contribution in [0, 0.1) is 5.92 Å². The van der Waals surface area contributed by atoms with Gasteiger partial charge in [0.15, 0.2) is 0 Å². The number of phenolic OH excluding ortho intramolecular Hbond substituents is 1. The van der Waals surface area contributed by atoms with Crippen LogP contribution in [0.15, 0.2) is 22.7 Å². The molecule has 0 aliphatic carbocycles. The lowest BCUT2D eigenvalue weighted by molar-refractivity contribution is -0.118. The van der Waals surface area contributed by atoms with Gasteiger partial charge in [0.05, 0.1) is 11.7 Å². The summed E-state index contributed by atoms with van der Waals surface area (Å²) in [6.45, 7) is 3.73. The van der Waals surface area contributed by atoms with Crippen LogP contribution in [0.5, 0.6) is 5.75 Å². The van der Waals surface area contributed by atoms with Crippen molar-refractivity contribution in [2.45, 2.75) is 19.9 Å². The van der Waals surface area contributed by atoms with Crippen molar-refractivity contribution in [1.82, 2.24) is 0 Å². The molecule has 0 fully saturated rings. The Morgan fingerprint density at radius 2 is 2.06 bits per heavy atom. The smallest absolute Gasteiger partial charge is 0.241 e. The second-order valence-corrected chi connectivity index (χ2v) is 4.84. The fourth-order valence-electron chi connectivity index (χ4n) is 1.13. The third kappa shape index (κ3) is 4.53. The molecule has 4 N–H and O–H groups in total. The van der Waals surface area contributed by atoms with Crippen LogP contribution >= 0.6 is 28.3 Å². The summed E-state index contributed by atoms with van der Waals surface area (Å²) in [6.07, 6.45) is 0. The Morgan fingerprint density at radius 1 is 1.47 bits per heavy atom. The minimum Gasteiger partial charge on any atom is -0.506 e. The Balaban J connectivity index is 0.00000256. The molecule has 0 aliphatic heterocycles. The van der Waals surface area contributed by atoms with E-state index in [0.29, 0.717) is 5.69 Å². The van der Waals surface area contributed by atoms with Crippen molar-refractivity contribution in [3.05, 3.63) is 22.7 Å². The van der Waals surface area contributed by atoms with Crippen LogP contribution in [-0.4, -0.2) is 17.1 Å². The molecular formula is C11H16BrClN2O2. The lowest BCUT2D eigenvalue weighted by Crippen LogP contribution is -2.39. The minimum atomic E-state index is -0.585. The second kappa shape index (κ2) is 6.83. The number of carbonyl (C=O) groups excluding carboxylic acids is 1. The fraction of sp³-hybridized carbons (Fsp3) is 0.364. The summed E-state index contributed by atoms with van der Waals surface area (Å²) in [5, 5.41) is 12.1. The number of nitrogens with one attached hydrogen (secondary N) is 1. The van der Waals surface area contributed by atoms with Gasteiger partial charge in [-0.3, -0.25) is 4.79 Å². The Morgan fingerprint density at radius 3 is 2.59 bits per heavy atom. The van der Waals surface area contributed by atoms with Gasteiger partial charge in [-0.05, 0) is 24.1 Å². The molecule has 1 atom stereocenters. The van der Waals surface area contributed by atoms with Crippen molar-refractivity contribution >= 4 is 39.9 Å². The molecule has 0 bridgehead atoms. The molecule has 0 unspecified atom stereocenters. The number of amides is 1. The standard InChI is InChI=1S/C11H15BrN2O2.ClH/c1-6(2)10(13)11(16)14-8-5-7(12)3-4-9(8)15;/h3-6,10,15H,13H2,1-2H3,(H,14,16);1H/t10-;/m1./s1. The first-order chi connectivity index (χ1) is 7.41. The van der Waals surface area contributed by atoms with Crippen LogP contribution in [0.3, 0.4) is 0 Å². The Bertz CT molecular complexity index is 399. The summed E-state index contributed by atoms with van der Waals surface area (Å²) < 4.78 is 0.777. The van der Waals surface area contributed by atoms with Gasteiger partial charge in [0.1, 0.15) is 5.75 Å². The van der Waals surface area contributed by atoms with Crippen molar-refractivity contribution in [3.8, 4) is 5.75 Å². The van der Waals surface area contributed by atoms with E-state index in [2.05, 4.69) is 21.2 Å². The largest absolute Gasteiger partial charge is 0.506 e. The molecule has 0 heterocycles. The summed E-state index contributed by atoms with van der Waals surface area (Å²) in [4.78, 5) is 11.7. The predicted molar refractivity (Wildman–Crippen MR) is 74.5 cm³/mol. The van der Waals surface area contributed by atoms with Gasteiger partial charge in [0.25, 0.3) is 0 Å². The zero-order chi connectivity index (χ0) is 12.3. The molecule has 1 aromatic rings. The molecule has 1 aromatic carbocycles. The Kier molecular flexibility index (Phi) is 6.52. The van der Waals surface area contributed by atoms with E-state index in [1.54, 1.807) is 12.1 Å². The van der Waals surface area contributed by atoms with Gasteiger partial charge < -0.3 is 16.2 Å². The summed E-state index contributed by atoms with van der Waals surface area (Å²) in [7, 11) is 0. The predicted octanol–water partition coefficient (Wildman–Crippen LogP) is 2.50. The molecule has 6 heteroatoms. The van der Waals surface area contributed by atoms with Gasteiger partial charge in [-0.2, -0.15) is 0 Å². The van der Waals surface area contributed by atoms with Crippen LogP contribution in [-0.2, 0) is 4.79 Å². The van der Waals surface area contributed by atoms with Gasteiger partial charge in [-0.25, -0.2) is 0 Å². The average Bonchev–Trinajstić information content (AvgIpc) is 2.22. The van der Waals surface area contributed by atoms with E-state index >= 15 is 0 Å². The van der Waals surface area contributed by atoms with Crippen molar-refractivity contribution in [3.63, 3.8) is 0 Å². The molecule has 4 nitrogen and oxygen atoms in total. The van der Waals surface area contributed by atoms with Gasteiger partial charge in [0, 0.05) is 4.47 Å². The average molecular weight is 324 g/mol. The zero-order valence-electron chi connectivity index (χ0n) is 9.61. The van der Waals surface area contributed by atoms with Crippen molar-refractivity contribution in [2.24, 2.45) is 11.7 Å². The van der Waals surface area contributed by atoms with E-state index in [4.69, 9.17) is 5.73 Å². The minimum absolute atomic E-state index is 0. The maximum Gasteiger partial charge on any atom is 0.241 e. The third-order valence-electron chi connectivity index (χ3n) is 2.24. The molecule has 17 heavy (non-hydrogen) atoms. The maximum atomic E-state index is 11.7. The number of rotatable bonds is 3. The van der Waals surface area contributed by atoms with Crippen molar-refractivity contribution in [1.29, 1.82) is 0 Å². The van der Waals surface area contributed by atoms with Crippen LogP contribution in [0.4, 0.5) is 5.69 Å². The van der Waals surface area contributed by atoms with E-state index in [-0.39, 0.29) is 30.0 Å². The number of phenols is 1. The lowest BCUT2D eigenvalue weighted by Gasteiger charge is -2.16. The fourth-order valence-corrected chi connectivity index (χ4v) is 1.49. The SMILES string of the molecule is CC(C)[C@@H](N)C(=O)Nc1cc(Br)ccc1O.Cl. The zero-order valence-corrected chi connectivity index (χ0v) is 12.0. The van der Waals surface area contributed by atoms with E-state index in [1.165, 1.54) is 6.07 Å². The first-order valence-corrected chi connectivity index (χ1v) is 5.76. The normalized spacial score (nSPS) is 11.8. The van der Waals surface area contributed by atoms with E-state index in [0.717, 1.165) is 4.47 Å². The molecule has 1 amide bonds. The van der Waals surface area contributed by atoms with E-state index < -0.39 is 6.04 Å². The molecule has 0 saturated carbocycles. The molecule has 0 radical (unpaired) electrons. The molecule has 0 aliphatic rings. The van der Waals surface area contributed by atoms with Crippen LogP contribution in [0.1, 0.15) is 13.8 Å². The van der Waals surface area contributed by atoms with Crippen molar-refractivity contribution in [2.75, 3.05) is 5.32 Å². The van der Waals surface area contributed by atoms with Gasteiger partial charge in [-0.15, -0.1) is 12.4 Å². The highest BCUT2D eigenvalue weighted by molar-refractivity contribution is 9.10. The van der Waals surface area contributed by atoms with Gasteiger partial charge in [0.2, 0.25) is 5.91 Å². The highest BCUT2D eigenvalue weighted by Crippen LogP contribution is 2.26. The Labute approximate surface area is 115 Å². The molecule has 1 rings (SSSR count). The molecular weight excluding hydrogens is 307 g/mol. The number of hydrogen-bond acceptors (Lipinski definition) is 3. The summed E-state index contributed by atoms with van der Waals surface area (Å²) in [5.41, 5.74) is 6.05. The van der Waals surface area contributed by atoms with E-state index in [1.807, 2.05) is 13.8 Å². The van der Waals surface area contributed by atoms with Crippen LogP contribution < -0.4 is 11.1 Å². The lowest BCUT2D eigenvalue weighted by atomic mass is 10.0. The number of benzene rings is 1. The van der Waals surface area contributed by atoms with E-state index in [9.17, 15) is 9.90 Å². The molecule has 0 saturated heterocycles. The molecule has 96 valence electrons. The number of anilines is 1. The monoisotopic (exact) mass is 322 g/mol. The quantitative estimate of drug-likeness (QED) is 0.748. The number of carbonyl (C=O) groups is 1. The Hall–Kier alpha value is -0.780. The second-order valence-electron chi connectivity index (χ2n) is 3.92. The van der Waals surface area contributed by atoms with Gasteiger partial charge in [-0.1, -0.05) is 29.8 Å². The highest BCUT2D eigenvalue weighted by Gasteiger charge is 2.18. The van der Waals surface area contributed by atoms with Crippen LogP contribution in [0.25, 0.3) is 0 Å². The first-order valence-electron chi connectivity index (χ1n) is 4.96. The third-order valence-corrected chi connectivity index (χ3v) is 2.73. The number of nitrogens with two attached hydrogens (primary N) is 1. The van der Waals surface area contributed by atoms with Crippen molar-refractivity contribution < 1.29 is 9.90 Å². The number of aromatic hydroxyl groups is 1. The summed E-state index contributed by atoms with van der Waals surface area (Å²) in [6, 6.07) is 4.23. The first kappa shape index (κ1) is 16.2. The topological polar surface area (TPSA) is 75.4 Å². The van der Waals surface area contributed by atoms with Crippen LogP contribution in [0.2, 0.25) is 0 Å². The summed E-state index contributed by atoms with van der Waals surface area (Å²) in [5.74, 6) is -0.231.